The number of piperidine rings is 1. The van der Waals surface area contributed by atoms with Crippen molar-refractivity contribution >= 4 is 23.1 Å². The van der Waals surface area contributed by atoms with Gasteiger partial charge in [0.25, 0.3) is 0 Å². The number of benzene rings is 2. The maximum Gasteiger partial charge on any atom is 0.319 e. The molecule has 2 aliphatic carbocycles. The monoisotopic (exact) mass is 448 g/mol. The molecule has 5 rings (SSSR count). The van der Waals surface area contributed by atoms with Gasteiger partial charge in [-0.2, -0.15) is 0 Å². The molecule has 5 N–H and O–H groups in total. The Kier molecular flexibility index (Phi) is 5.95. The minimum Gasteiger partial charge on any atom is -0.506 e. The number of phenols is 1. The first-order chi connectivity index (χ1) is 16.0. The first-order valence-corrected chi connectivity index (χ1v) is 12.6. The number of para-hydroxylation sites is 2. The summed E-state index contributed by atoms with van der Waals surface area (Å²) in [5, 5.41) is 18.3. The third-order valence-electron chi connectivity index (χ3n) is 8.22. The fourth-order valence-electron chi connectivity index (χ4n) is 6.70. The summed E-state index contributed by atoms with van der Waals surface area (Å²) >= 11 is 0. The standard InChI is InChI=1S/C27H36N4O2/c1-2-3-14-31(26(28)33)24-10-5-4-9-21(24)30-23-16-18-15-22-19-8-6-7-11-27(19,12-13-29-22)20(18)17-25(23)32/h4-5,9-10,16-17,19,22,29-30,32H,2-3,6-8,11-15H2,1H3,(H2,28,33)/t19-,22+,27+/m0/s1. The number of phenolic OH excluding ortho intramolecular Hbond substituents is 1. The van der Waals surface area contributed by atoms with E-state index < -0.39 is 6.03 Å². The number of urea groups is 1. The Labute approximate surface area is 196 Å². The Morgan fingerprint density at radius 2 is 2.09 bits per heavy atom. The van der Waals surface area contributed by atoms with Crippen LogP contribution >= 0.6 is 0 Å². The van der Waals surface area contributed by atoms with Crippen LogP contribution in [-0.4, -0.2) is 30.3 Å². The summed E-state index contributed by atoms with van der Waals surface area (Å²) in [6.07, 6.45) is 9.11. The number of anilines is 3. The second kappa shape index (κ2) is 8.90. The minimum absolute atomic E-state index is 0.207. The van der Waals surface area contributed by atoms with Crippen LogP contribution in [0.25, 0.3) is 0 Å². The SMILES string of the molecule is CCCCN(C(N)=O)c1ccccc1Nc1cc2c(cc1O)[C@@]13CCCC[C@H]1[C@@H](C2)NCC3. The van der Waals surface area contributed by atoms with Gasteiger partial charge < -0.3 is 21.5 Å². The number of nitrogens with zero attached hydrogens (tertiary/aromatic N) is 1. The molecule has 2 fully saturated rings. The summed E-state index contributed by atoms with van der Waals surface area (Å²) in [6.45, 7) is 3.72. The molecule has 6 nitrogen and oxygen atoms in total. The van der Waals surface area contributed by atoms with Crippen molar-refractivity contribution in [2.24, 2.45) is 11.7 Å². The molecule has 0 unspecified atom stereocenters. The van der Waals surface area contributed by atoms with Gasteiger partial charge in [-0.15, -0.1) is 0 Å². The molecule has 1 saturated carbocycles. The number of fused-ring (bicyclic) bond motifs is 1. The number of hydrogen-bond acceptors (Lipinski definition) is 4. The number of unbranched alkanes of at least 4 members (excludes halogenated alkanes) is 1. The molecule has 1 aliphatic heterocycles. The molecular weight excluding hydrogens is 412 g/mol. The summed E-state index contributed by atoms with van der Waals surface area (Å²) < 4.78 is 0. The predicted molar refractivity (Wildman–Crippen MR) is 133 cm³/mol. The Balaban J connectivity index is 1.50. The maximum atomic E-state index is 12.2. The van der Waals surface area contributed by atoms with Gasteiger partial charge in [-0.25, -0.2) is 4.79 Å². The maximum absolute atomic E-state index is 12.2. The largest absolute Gasteiger partial charge is 0.506 e. The lowest BCUT2D eigenvalue weighted by atomic mass is 9.53. The summed E-state index contributed by atoms with van der Waals surface area (Å²) in [7, 11) is 0. The van der Waals surface area contributed by atoms with Gasteiger partial charge >= 0.3 is 6.03 Å². The van der Waals surface area contributed by atoms with E-state index in [1.807, 2.05) is 30.3 Å². The van der Waals surface area contributed by atoms with Crippen LogP contribution in [0.2, 0.25) is 0 Å². The highest BCUT2D eigenvalue weighted by molar-refractivity contribution is 5.95. The van der Waals surface area contributed by atoms with Crippen LogP contribution in [0.15, 0.2) is 36.4 Å². The first kappa shape index (κ1) is 22.1. The molecular formula is C27H36N4O2. The summed E-state index contributed by atoms with van der Waals surface area (Å²) in [5.41, 5.74) is 10.8. The highest BCUT2D eigenvalue weighted by Gasteiger charge is 2.51. The van der Waals surface area contributed by atoms with Gasteiger partial charge in [0.1, 0.15) is 5.75 Å². The van der Waals surface area contributed by atoms with Crippen LogP contribution in [0.4, 0.5) is 21.9 Å². The van der Waals surface area contributed by atoms with Crippen LogP contribution in [0, 0.1) is 5.92 Å². The molecule has 2 aromatic carbocycles. The van der Waals surface area contributed by atoms with Gasteiger partial charge in [0.2, 0.25) is 0 Å². The van der Waals surface area contributed by atoms with Crippen molar-refractivity contribution in [1.82, 2.24) is 5.32 Å². The molecule has 3 atom stereocenters. The number of rotatable bonds is 6. The number of carbonyl (C=O) groups is 1. The lowest BCUT2D eigenvalue weighted by Gasteiger charge is -2.56. The molecule has 2 amide bonds. The molecule has 1 heterocycles. The molecule has 33 heavy (non-hydrogen) atoms. The van der Waals surface area contributed by atoms with Gasteiger partial charge in [-0.05, 0) is 80.0 Å². The van der Waals surface area contributed by atoms with Gasteiger partial charge in [0, 0.05) is 18.0 Å². The Morgan fingerprint density at radius 3 is 2.91 bits per heavy atom. The number of amides is 2. The summed E-state index contributed by atoms with van der Waals surface area (Å²) in [5.74, 6) is 0.951. The van der Waals surface area contributed by atoms with E-state index in [0.717, 1.165) is 43.6 Å². The average Bonchev–Trinajstić information content (AvgIpc) is 2.81. The van der Waals surface area contributed by atoms with Crippen molar-refractivity contribution in [3.63, 3.8) is 0 Å². The third-order valence-corrected chi connectivity index (χ3v) is 8.22. The molecule has 0 aromatic heterocycles. The van der Waals surface area contributed by atoms with Crippen molar-refractivity contribution in [1.29, 1.82) is 0 Å². The van der Waals surface area contributed by atoms with E-state index in [0.29, 0.717) is 24.2 Å². The van der Waals surface area contributed by atoms with Gasteiger partial charge in [0.15, 0.2) is 0 Å². The number of primary amides is 1. The smallest absolute Gasteiger partial charge is 0.319 e. The number of nitrogens with one attached hydrogen (secondary N) is 2. The van der Waals surface area contributed by atoms with Crippen LogP contribution in [0.3, 0.4) is 0 Å². The number of nitrogens with two attached hydrogens (primary N) is 1. The van der Waals surface area contributed by atoms with Crippen LogP contribution in [0.5, 0.6) is 5.75 Å². The molecule has 1 saturated heterocycles. The van der Waals surface area contributed by atoms with Gasteiger partial charge in [0.05, 0.1) is 17.1 Å². The van der Waals surface area contributed by atoms with Crippen molar-refractivity contribution in [2.45, 2.75) is 69.7 Å². The molecule has 0 radical (unpaired) electrons. The first-order valence-electron chi connectivity index (χ1n) is 12.6. The zero-order valence-corrected chi connectivity index (χ0v) is 19.6. The number of hydrogen-bond donors (Lipinski definition) is 4. The van der Waals surface area contributed by atoms with Gasteiger partial charge in [-0.1, -0.05) is 38.3 Å². The molecule has 176 valence electrons. The van der Waals surface area contributed by atoms with Crippen molar-refractivity contribution in [3.8, 4) is 5.75 Å². The summed E-state index contributed by atoms with van der Waals surface area (Å²) in [6, 6.07) is 11.9. The lowest BCUT2D eigenvalue weighted by Crippen LogP contribution is -2.59. The van der Waals surface area contributed by atoms with Crippen LogP contribution in [-0.2, 0) is 11.8 Å². The fraction of sp³-hybridized carbons (Fsp3) is 0.519. The van der Waals surface area contributed by atoms with Crippen LogP contribution < -0.4 is 21.3 Å². The van der Waals surface area contributed by atoms with E-state index in [2.05, 4.69) is 23.6 Å². The van der Waals surface area contributed by atoms with E-state index in [1.165, 1.54) is 36.8 Å². The van der Waals surface area contributed by atoms with Crippen molar-refractivity contribution < 1.29 is 9.90 Å². The second-order valence-corrected chi connectivity index (χ2v) is 10.0. The van der Waals surface area contributed by atoms with E-state index in [4.69, 9.17) is 5.73 Å². The quantitative estimate of drug-likeness (QED) is 0.459. The Morgan fingerprint density at radius 1 is 1.24 bits per heavy atom. The van der Waals surface area contributed by atoms with Crippen LogP contribution in [0.1, 0.15) is 63.0 Å². The topological polar surface area (TPSA) is 90.6 Å². The minimum atomic E-state index is -0.464. The van der Waals surface area contributed by atoms with Gasteiger partial charge in [-0.3, -0.25) is 4.90 Å². The zero-order valence-electron chi connectivity index (χ0n) is 19.6. The molecule has 6 heteroatoms. The Hall–Kier alpha value is -2.73. The lowest BCUT2D eigenvalue weighted by molar-refractivity contribution is 0.0796. The highest BCUT2D eigenvalue weighted by Crippen LogP contribution is 2.55. The number of carbonyl (C=O) groups excluding carboxylic acids is 1. The Bertz CT molecular complexity index is 1030. The van der Waals surface area contributed by atoms with E-state index in [9.17, 15) is 9.90 Å². The second-order valence-electron chi connectivity index (χ2n) is 10.0. The third kappa shape index (κ3) is 3.84. The number of aromatic hydroxyl groups is 1. The molecule has 2 aromatic rings. The van der Waals surface area contributed by atoms with E-state index in [1.54, 1.807) is 4.90 Å². The summed E-state index contributed by atoms with van der Waals surface area (Å²) in [4.78, 5) is 13.8. The molecule has 3 aliphatic rings. The van der Waals surface area contributed by atoms with E-state index in [-0.39, 0.29) is 11.2 Å². The highest BCUT2D eigenvalue weighted by atomic mass is 16.3. The molecule has 0 spiro atoms. The molecule has 2 bridgehead atoms. The van der Waals surface area contributed by atoms with E-state index >= 15 is 0 Å². The average molecular weight is 449 g/mol. The zero-order chi connectivity index (χ0) is 23.0. The predicted octanol–water partition coefficient (Wildman–Crippen LogP) is 5.17. The van der Waals surface area contributed by atoms with Crippen molar-refractivity contribution in [2.75, 3.05) is 23.3 Å². The van der Waals surface area contributed by atoms with Crippen molar-refractivity contribution in [3.05, 3.63) is 47.5 Å². The normalized spacial score (nSPS) is 25.6. The fourth-order valence-corrected chi connectivity index (χ4v) is 6.70.